The second-order valence-electron chi connectivity index (χ2n) is 9.47. The van der Waals surface area contributed by atoms with Crippen molar-refractivity contribution in [2.75, 3.05) is 25.5 Å². The summed E-state index contributed by atoms with van der Waals surface area (Å²) >= 11 is 6.04. The lowest BCUT2D eigenvalue weighted by atomic mass is 10.2. The number of hydrogen-bond donors (Lipinski definition) is 3. The van der Waals surface area contributed by atoms with Gasteiger partial charge in [-0.3, -0.25) is 5.32 Å². The van der Waals surface area contributed by atoms with Crippen LogP contribution in [0.2, 0.25) is 5.02 Å². The molecule has 3 amide bonds. The van der Waals surface area contributed by atoms with Crippen LogP contribution in [0.4, 0.5) is 19.8 Å². The molecule has 0 spiro atoms. The Balaban J connectivity index is 1.27. The second kappa shape index (κ2) is 12.3. The number of nitrogens with zero attached hydrogens (tertiary/aromatic N) is 4. The number of carbonyl (C=O) groups excluding carboxylic acids is 2. The first-order valence-corrected chi connectivity index (χ1v) is 13.2. The number of pyridine rings is 1. The summed E-state index contributed by atoms with van der Waals surface area (Å²) in [6, 6.07) is 12.9. The summed E-state index contributed by atoms with van der Waals surface area (Å²) in [6.07, 6.45) is 3.14. The smallest absolute Gasteiger partial charge is 0.412 e. The van der Waals surface area contributed by atoms with Gasteiger partial charge in [-0.25, -0.2) is 23.9 Å². The summed E-state index contributed by atoms with van der Waals surface area (Å²) in [6.45, 7) is 2.21. The molecule has 12 heteroatoms. The molecule has 0 saturated heterocycles. The number of benzene rings is 2. The van der Waals surface area contributed by atoms with E-state index in [0.717, 1.165) is 35.4 Å². The second-order valence-corrected chi connectivity index (χ2v) is 9.85. The van der Waals surface area contributed by atoms with Crippen LogP contribution in [0.25, 0.3) is 10.8 Å². The summed E-state index contributed by atoms with van der Waals surface area (Å²) in [5, 5.41) is 10.6. The highest BCUT2D eigenvalue weighted by atomic mass is 35.5. The van der Waals surface area contributed by atoms with Gasteiger partial charge in [0, 0.05) is 57.4 Å². The molecule has 1 aliphatic rings. The van der Waals surface area contributed by atoms with E-state index >= 15 is 0 Å². The van der Waals surface area contributed by atoms with Gasteiger partial charge in [0.25, 0.3) is 0 Å². The standard InChI is InChI=1S/C28H29ClFN7O3/c1-36(27(38)34-14-20-7-4-8-23(30)26(20)29)21(12-25-33-16-22-15-31-9-10-37(22)25)17-40-28(39)35-24-11-18-5-2-3-6-19(18)13-32-24/h2-8,11,13,16,21,31H,9-10,12,14-15,17H2,1H3,(H,34,38)(H,32,35,39). The van der Waals surface area contributed by atoms with E-state index in [1.165, 1.54) is 17.0 Å². The lowest BCUT2D eigenvalue weighted by molar-refractivity contribution is 0.116. The van der Waals surface area contributed by atoms with Gasteiger partial charge < -0.3 is 24.8 Å². The third-order valence-electron chi connectivity index (χ3n) is 6.85. The minimum Gasteiger partial charge on any atom is -0.447 e. The molecule has 1 aliphatic heterocycles. The van der Waals surface area contributed by atoms with Gasteiger partial charge in [0.05, 0.1) is 16.8 Å². The molecule has 40 heavy (non-hydrogen) atoms. The van der Waals surface area contributed by atoms with Crippen LogP contribution in [0.1, 0.15) is 17.1 Å². The number of aromatic nitrogens is 3. The molecule has 0 saturated carbocycles. The van der Waals surface area contributed by atoms with Crippen LogP contribution < -0.4 is 16.0 Å². The van der Waals surface area contributed by atoms with E-state index < -0.39 is 24.0 Å². The number of carbonyl (C=O) groups is 2. The average molecular weight is 566 g/mol. The highest BCUT2D eigenvalue weighted by molar-refractivity contribution is 6.31. The van der Waals surface area contributed by atoms with Gasteiger partial charge in [0.15, 0.2) is 0 Å². The summed E-state index contributed by atoms with van der Waals surface area (Å²) < 4.78 is 21.5. The number of likely N-dealkylation sites (N-methyl/N-ethyl adjacent to an activating group) is 1. The van der Waals surface area contributed by atoms with E-state index in [0.29, 0.717) is 24.3 Å². The Morgan fingerprint density at radius 3 is 2.85 bits per heavy atom. The number of halogens is 2. The molecule has 2 aromatic carbocycles. The molecule has 208 valence electrons. The molecule has 2 aromatic heterocycles. The first-order chi connectivity index (χ1) is 19.4. The molecule has 0 aliphatic carbocycles. The van der Waals surface area contributed by atoms with E-state index in [9.17, 15) is 14.0 Å². The zero-order valence-corrected chi connectivity index (χ0v) is 22.6. The van der Waals surface area contributed by atoms with Gasteiger partial charge >= 0.3 is 12.1 Å². The third-order valence-corrected chi connectivity index (χ3v) is 7.28. The van der Waals surface area contributed by atoms with Gasteiger partial charge in [-0.05, 0) is 23.1 Å². The first-order valence-electron chi connectivity index (χ1n) is 12.8. The molecule has 4 aromatic rings. The number of hydrogen-bond acceptors (Lipinski definition) is 6. The quantitative estimate of drug-likeness (QED) is 0.293. The van der Waals surface area contributed by atoms with Crippen LogP contribution in [0.5, 0.6) is 0 Å². The van der Waals surface area contributed by atoms with Crippen molar-refractivity contribution in [3.63, 3.8) is 0 Å². The molecule has 1 unspecified atom stereocenters. The fraction of sp³-hybridized carbons (Fsp3) is 0.286. The van der Waals surface area contributed by atoms with Crippen LogP contribution >= 0.6 is 11.6 Å². The number of ether oxygens (including phenoxy) is 1. The molecule has 3 heterocycles. The SMILES string of the molecule is CN(C(=O)NCc1cccc(F)c1Cl)C(COC(=O)Nc1cc2ccccc2cn1)Cc1ncc2n1CCNC2. The first kappa shape index (κ1) is 27.4. The van der Waals surface area contributed by atoms with E-state index in [1.54, 1.807) is 25.4 Å². The van der Waals surface area contributed by atoms with Gasteiger partial charge in [-0.15, -0.1) is 0 Å². The molecule has 5 rings (SSSR count). The number of rotatable bonds is 8. The van der Waals surface area contributed by atoms with Crippen LogP contribution in [-0.2, 0) is 30.8 Å². The summed E-state index contributed by atoms with van der Waals surface area (Å²) in [7, 11) is 1.61. The van der Waals surface area contributed by atoms with Gasteiger partial charge in [0.1, 0.15) is 24.1 Å². The molecule has 1 atom stereocenters. The van der Waals surface area contributed by atoms with E-state index in [-0.39, 0.29) is 18.2 Å². The Bertz CT molecular complexity index is 1530. The van der Waals surface area contributed by atoms with Crippen molar-refractivity contribution in [1.29, 1.82) is 0 Å². The van der Waals surface area contributed by atoms with Crippen molar-refractivity contribution in [1.82, 2.24) is 30.1 Å². The topological polar surface area (TPSA) is 113 Å². The fourth-order valence-corrected chi connectivity index (χ4v) is 4.76. The van der Waals surface area contributed by atoms with Crippen molar-refractivity contribution in [2.45, 2.75) is 32.1 Å². The highest BCUT2D eigenvalue weighted by Gasteiger charge is 2.26. The van der Waals surface area contributed by atoms with Crippen LogP contribution in [0.15, 0.2) is 60.9 Å². The van der Waals surface area contributed by atoms with Crippen molar-refractivity contribution >= 4 is 40.3 Å². The number of fused-ring (bicyclic) bond motifs is 2. The Morgan fingerprint density at radius 2 is 2.00 bits per heavy atom. The van der Waals surface area contributed by atoms with Gasteiger partial charge in [-0.2, -0.15) is 0 Å². The average Bonchev–Trinajstić information content (AvgIpc) is 3.38. The van der Waals surface area contributed by atoms with Gasteiger partial charge in [-0.1, -0.05) is 48.0 Å². The zero-order valence-electron chi connectivity index (χ0n) is 21.9. The maximum Gasteiger partial charge on any atom is 0.412 e. The molecule has 0 bridgehead atoms. The Morgan fingerprint density at radius 1 is 1.18 bits per heavy atom. The number of imidazole rings is 1. The molecule has 0 fully saturated rings. The number of urea groups is 1. The number of anilines is 1. The largest absolute Gasteiger partial charge is 0.447 e. The monoisotopic (exact) mass is 565 g/mol. The minimum atomic E-state index is -0.692. The lowest BCUT2D eigenvalue weighted by Gasteiger charge is -2.29. The predicted octanol–water partition coefficient (Wildman–Crippen LogP) is 4.33. The molecular formula is C28H29ClFN7O3. The van der Waals surface area contributed by atoms with E-state index in [2.05, 4.69) is 30.5 Å². The summed E-state index contributed by atoms with van der Waals surface area (Å²) in [5.74, 6) is 0.584. The molecule has 0 radical (unpaired) electrons. The Hall–Kier alpha value is -4.22. The highest BCUT2D eigenvalue weighted by Crippen LogP contribution is 2.20. The normalized spacial score (nSPS) is 13.4. The zero-order chi connectivity index (χ0) is 28.1. The van der Waals surface area contributed by atoms with E-state index in [1.807, 2.05) is 30.5 Å². The number of amides is 3. The Labute approximate surface area is 235 Å². The van der Waals surface area contributed by atoms with Crippen LogP contribution in [0, 0.1) is 5.82 Å². The molecular weight excluding hydrogens is 537 g/mol. The van der Waals surface area contributed by atoms with Crippen molar-refractivity contribution in [3.05, 3.63) is 88.8 Å². The third kappa shape index (κ3) is 6.32. The van der Waals surface area contributed by atoms with Crippen molar-refractivity contribution in [3.8, 4) is 0 Å². The fourth-order valence-electron chi connectivity index (χ4n) is 4.57. The minimum absolute atomic E-state index is 0.0336. The van der Waals surface area contributed by atoms with Crippen molar-refractivity contribution in [2.24, 2.45) is 0 Å². The summed E-state index contributed by atoms with van der Waals surface area (Å²) in [5.41, 5.74) is 1.50. The summed E-state index contributed by atoms with van der Waals surface area (Å²) in [4.78, 5) is 36.1. The van der Waals surface area contributed by atoms with Crippen LogP contribution in [0.3, 0.4) is 0 Å². The van der Waals surface area contributed by atoms with Crippen molar-refractivity contribution < 1.29 is 18.7 Å². The molecule has 3 N–H and O–H groups in total. The molecule has 10 nitrogen and oxygen atoms in total. The Kier molecular flexibility index (Phi) is 8.42. The van der Waals surface area contributed by atoms with Crippen LogP contribution in [-0.4, -0.2) is 57.8 Å². The maximum absolute atomic E-state index is 13.8. The lowest BCUT2D eigenvalue weighted by Crippen LogP contribution is -2.47. The maximum atomic E-state index is 13.8. The predicted molar refractivity (Wildman–Crippen MR) is 150 cm³/mol. The van der Waals surface area contributed by atoms with E-state index in [4.69, 9.17) is 16.3 Å². The van der Waals surface area contributed by atoms with Gasteiger partial charge in [0.2, 0.25) is 0 Å². The number of nitrogens with one attached hydrogen (secondary N) is 3.